The highest BCUT2D eigenvalue weighted by Gasteiger charge is 2.19. The Morgan fingerprint density at radius 2 is 1.00 bits per heavy atom. The van der Waals surface area contributed by atoms with Crippen LogP contribution in [0.25, 0.3) is 62.9 Å². The number of hydrogen-bond acceptors (Lipinski definition) is 4. The molecule has 3 aromatic heterocycles. The maximum Gasteiger partial charge on any atom is 0.125 e. The summed E-state index contributed by atoms with van der Waals surface area (Å²) in [5, 5.41) is 5.07. The highest BCUT2D eigenvalue weighted by molar-refractivity contribution is 7.26. The van der Waals surface area contributed by atoms with Crippen molar-refractivity contribution in [2.24, 2.45) is 0 Å². The van der Waals surface area contributed by atoms with Crippen molar-refractivity contribution in [3.8, 4) is 22.4 Å². The van der Waals surface area contributed by atoms with Gasteiger partial charge < -0.3 is 4.90 Å². The molecule has 3 heterocycles. The van der Waals surface area contributed by atoms with Crippen molar-refractivity contribution in [2.45, 2.75) is 0 Å². The smallest absolute Gasteiger partial charge is 0.125 e. The molecule has 0 aliphatic rings. The Hall–Kier alpha value is -5.29. The molecule has 0 atom stereocenters. The molecule has 45 heavy (non-hydrogen) atoms. The van der Waals surface area contributed by atoms with Gasteiger partial charge in [0.05, 0.1) is 11.4 Å². The number of hydrogen-bond donors (Lipinski definition) is 0. The Kier molecular flexibility index (Phi) is 6.22. The molecule has 6 aromatic carbocycles. The molecule has 0 unspecified atom stereocenters. The van der Waals surface area contributed by atoms with E-state index in [9.17, 15) is 0 Å². The van der Waals surface area contributed by atoms with Gasteiger partial charge in [-0.1, -0.05) is 97.1 Å². The van der Waals surface area contributed by atoms with Gasteiger partial charge in [-0.3, -0.25) is 0 Å². The third kappa shape index (κ3) is 4.50. The lowest BCUT2D eigenvalue weighted by Gasteiger charge is -2.27. The molecule has 9 rings (SSSR count). The molecule has 0 saturated carbocycles. The molecular weight excluding hydrogens is 585 g/mol. The van der Waals surface area contributed by atoms with Crippen LogP contribution in [-0.2, 0) is 0 Å². The normalized spacial score (nSPS) is 11.6. The summed E-state index contributed by atoms with van der Waals surface area (Å²) in [6, 6.07) is 56.6. The lowest BCUT2D eigenvalue weighted by Crippen LogP contribution is -2.10. The molecule has 2 nitrogen and oxygen atoms in total. The number of fused-ring (bicyclic) bond motifs is 6. The fourth-order valence-electron chi connectivity index (χ4n) is 6.35. The Labute approximate surface area is 269 Å². The van der Waals surface area contributed by atoms with Gasteiger partial charge in [-0.15, -0.1) is 22.7 Å². The molecule has 0 saturated heterocycles. The van der Waals surface area contributed by atoms with E-state index in [4.69, 9.17) is 4.98 Å². The third-order valence-corrected chi connectivity index (χ3v) is 10.7. The van der Waals surface area contributed by atoms with Crippen molar-refractivity contribution in [2.75, 3.05) is 4.90 Å². The van der Waals surface area contributed by atoms with Crippen molar-refractivity contribution < 1.29 is 0 Å². The van der Waals surface area contributed by atoms with Gasteiger partial charge >= 0.3 is 0 Å². The minimum Gasteiger partial charge on any atom is -0.310 e. The molecule has 0 bridgehead atoms. The predicted octanol–water partition coefficient (Wildman–Crippen LogP) is 12.6. The number of benzene rings is 6. The van der Waals surface area contributed by atoms with Crippen LogP contribution in [-0.4, -0.2) is 4.98 Å². The maximum absolute atomic E-state index is 5.09. The summed E-state index contributed by atoms with van der Waals surface area (Å²) in [6.45, 7) is 0. The van der Waals surface area contributed by atoms with E-state index in [2.05, 4.69) is 163 Å². The summed E-state index contributed by atoms with van der Waals surface area (Å²) in [6.07, 6.45) is 0. The molecule has 212 valence electrons. The lowest BCUT2D eigenvalue weighted by molar-refractivity contribution is 1.30. The van der Waals surface area contributed by atoms with Gasteiger partial charge in [-0.05, 0) is 71.8 Å². The molecule has 9 aromatic rings. The largest absolute Gasteiger partial charge is 0.310 e. The average molecular weight is 611 g/mol. The summed E-state index contributed by atoms with van der Waals surface area (Å²) in [4.78, 5) is 8.56. The maximum atomic E-state index is 5.09. The molecular formula is C41H26N2S2. The zero-order valence-corrected chi connectivity index (χ0v) is 25.9. The van der Waals surface area contributed by atoms with E-state index in [0.29, 0.717) is 0 Å². The van der Waals surface area contributed by atoms with Crippen molar-refractivity contribution in [1.29, 1.82) is 0 Å². The van der Waals surface area contributed by atoms with Crippen molar-refractivity contribution >= 4 is 80.2 Å². The van der Waals surface area contributed by atoms with Crippen LogP contribution in [0.5, 0.6) is 0 Å². The summed E-state index contributed by atoms with van der Waals surface area (Å²) in [7, 11) is 0. The highest BCUT2D eigenvalue weighted by atomic mass is 32.1. The molecule has 0 radical (unpaired) electrons. The number of thiophene rings is 2. The minimum absolute atomic E-state index is 0.991. The molecule has 0 amide bonds. The molecule has 0 fully saturated rings. The van der Waals surface area contributed by atoms with E-state index in [0.717, 1.165) is 27.5 Å². The fourth-order valence-corrected chi connectivity index (χ4v) is 8.55. The number of nitrogens with zero attached hydrogens (tertiary/aromatic N) is 2. The fraction of sp³-hybridized carbons (Fsp3) is 0. The summed E-state index contributed by atoms with van der Waals surface area (Å²) >= 11 is 3.61. The van der Waals surface area contributed by atoms with Crippen molar-refractivity contribution in [3.05, 3.63) is 158 Å². The monoisotopic (exact) mass is 610 g/mol. The zero-order chi connectivity index (χ0) is 29.7. The van der Waals surface area contributed by atoms with E-state index in [1.54, 1.807) is 11.3 Å². The predicted molar refractivity (Wildman–Crippen MR) is 196 cm³/mol. The van der Waals surface area contributed by atoms with E-state index in [1.807, 2.05) is 11.3 Å². The van der Waals surface area contributed by atoms with Gasteiger partial charge in [-0.25, -0.2) is 4.98 Å². The molecule has 0 aliphatic carbocycles. The first-order valence-electron chi connectivity index (χ1n) is 15.0. The first-order chi connectivity index (χ1) is 22.3. The first-order valence-corrected chi connectivity index (χ1v) is 16.7. The van der Waals surface area contributed by atoms with Gasteiger partial charge in [0.2, 0.25) is 0 Å². The van der Waals surface area contributed by atoms with Crippen LogP contribution in [0.1, 0.15) is 0 Å². The van der Waals surface area contributed by atoms with Gasteiger partial charge in [-0.2, -0.15) is 0 Å². The summed E-state index contributed by atoms with van der Waals surface area (Å²) < 4.78 is 3.87. The molecule has 4 heteroatoms. The SMILES string of the molecule is c1ccc(-c2ccc(N(c3ccc(-c4ccc5c(n4)sc4ccccc45)cc3)c3cccc4sc5ccccc5c34)cc2)cc1. The van der Waals surface area contributed by atoms with Crippen molar-refractivity contribution in [1.82, 2.24) is 4.98 Å². The Morgan fingerprint density at radius 3 is 1.76 bits per heavy atom. The second kappa shape index (κ2) is 10.7. The standard InChI is InChI=1S/C41H26N2S2/c1-2-9-27(10-3-1)28-17-21-30(22-18-28)43(36-13-8-16-39-40(36)34-12-5-7-15-38(34)44-39)31-23-19-29(20-24-31)35-26-25-33-32-11-4-6-14-37(32)45-41(33)42-35/h1-26H. The van der Waals surface area contributed by atoms with E-state index in [-0.39, 0.29) is 0 Å². The van der Waals surface area contributed by atoms with Gasteiger partial charge in [0, 0.05) is 52.6 Å². The Balaban J connectivity index is 1.17. The van der Waals surface area contributed by atoms with Gasteiger partial charge in [0.15, 0.2) is 0 Å². The van der Waals surface area contributed by atoms with Crippen molar-refractivity contribution in [3.63, 3.8) is 0 Å². The summed E-state index contributed by atoms with van der Waals surface area (Å²) in [5.41, 5.74) is 7.93. The quantitative estimate of drug-likeness (QED) is 0.193. The highest BCUT2D eigenvalue weighted by Crippen LogP contribution is 2.45. The number of aromatic nitrogens is 1. The Bertz CT molecular complexity index is 2470. The zero-order valence-electron chi connectivity index (χ0n) is 24.2. The number of anilines is 3. The topological polar surface area (TPSA) is 16.1 Å². The third-order valence-electron chi connectivity index (χ3n) is 8.52. The minimum atomic E-state index is 0.991. The molecule has 0 N–H and O–H groups in total. The van der Waals surface area contributed by atoms with Crippen LogP contribution in [0.15, 0.2) is 158 Å². The second-order valence-corrected chi connectivity index (χ2v) is 13.3. The van der Waals surface area contributed by atoms with E-state index < -0.39 is 0 Å². The second-order valence-electron chi connectivity index (χ2n) is 11.2. The van der Waals surface area contributed by atoms with E-state index in [1.165, 1.54) is 52.5 Å². The lowest BCUT2D eigenvalue weighted by atomic mass is 10.0. The number of pyridine rings is 1. The Morgan fingerprint density at radius 1 is 0.400 bits per heavy atom. The van der Waals surface area contributed by atoms with Crippen LogP contribution < -0.4 is 4.90 Å². The molecule has 0 spiro atoms. The van der Waals surface area contributed by atoms with Crippen LogP contribution in [0.2, 0.25) is 0 Å². The molecule has 0 aliphatic heterocycles. The first kappa shape index (κ1) is 26.1. The van der Waals surface area contributed by atoms with Crippen LogP contribution in [0.4, 0.5) is 17.1 Å². The average Bonchev–Trinajstić information content (AvgIpc) is 3.68. The van der Waals surface area contributed by atoms with Crippen LogP contribution >= 0.6 is 22.7 Å². The van der Waals surface area contributed by atoms with Crippen LogP contribution in [0.3, 0.4) is 0 Å². The van der Waals surface area contributed by atoms with Crippen LogP contribution in [0, 0.1) is 0 Å². The van der Waals surface area contributed by atoms with Gasteiger partial charge in [0.1, 0.15) is 4.83 Å². The van der Waals surface area contributed by atoms with Gasteiger partial charge in [0.25, 0.3) is 0 Å². The number of rotatable bonds is 5. The summed E-state index contributed by atoms with van der Waals surface area (Å²) in [5.74, 6) is 0. The van der Waals surface area contributed by atoms with E-state index >= 15 is 0 Å².